The van der Waals surface area contributed by atoms with Gasteiger partial charge in [-0.2, -0.15) is 0 Å². The molecule has 0 saturated carbocycles. The predicted molar refractivity (Wildman–Crippen MR) is 94.8 cm³/mol. The summed E-state index contributed by atoms with van der Waals surface area (Å²) in [5.41, 5.74) is 5.76. The summed E-state index contributed by atoms with van der Waals surface area (Å²) in [6.45, 7) is 12.4. The largest absolute Gasteiger partial charge is 0.370 e. The molecule has 0 saturated heterocycles. The van der Waals surface area contributed by atoms with Crippen molar-refractivity contribution in [2.24, 2.45) is 28.0 Å². The zero-order valence-corrected chi connectivity index (χ0v) is 15.3. The van der Waals surface area contributed by atoms with Crippen molar-refractivity contribution in [2.75, 3.05) is 20.1 Å². The zero-order valence-electron chi connectivity index (χ0n) is 15.3. The van der Waals surface area contributed by atoms with Gasteiger partial charge in [-0.05, 0) is 24.2 Å². The number of hydrogen-bond donors (Lipinski definition) is 3. The van der Waals surface area contributed by atoms with E-state index in [1.165, 1.54) is 0 Å². The number of nitrogens with one attached hydrogen (secondary N) is 2. The molecule has 0 aliphatic heterocycles. The topological polar surface area (TPSA) is 79.5 Å². The van der Waals surface area contributed by atoms with E-state index in [9.17, 15) is 4.79 Å². The molecule has 2 atom stereocenters. The Bertz CT molecular complexity index is 353. The molecule has 0 aliphatic carbocycles. The molecule has 0 aromatic rings. The molecule has 5 nitrogen and oxygen atoms in total. The van der Waals surface area contributed by atoms with Gasteiger partial charge in [-0.1, -0.05) is 47.5 Å². The van der Waals surface area contributed by atoms with Crippen LogP contribution in [0.4, 0.5) is 0 Å². The lowest BCUT2D eigenvalue weighted by Gasteiger charge is -2.31. The number of aliphatic imine (C=N–C) groups is 1. The highest BCUT2D eigenvalue weighted by Crippen LogP contribution is 2.33. The Balaban J connectivity index is 4.35. The number of rotatable bonds is 10. The van der Waals surface area contributed by atoms with Crippen molar-refractivity contribution in [3.63, 3.8) is 0 Å². The Hall–Kier alpha value is -1.26. The van der Waals surface area contributed by atoms with Crippen LogP contribution in [0.25, 0.3) is 0 Å². The van der Waals surface area contributed by atoms with E-state index in [4.69, 9.17) is 5.73 Å². The van der Waals surface area contributed by atoms with Crippen LogP contribution in [0.1, 0.15) is 60.3 Å². The van der Waals surface area contributed by atoms with Crippen LogP contribution in [0.2, 0.25) is 0 Å². The molecule has 0 fully saturated rings. The smallest absolute Gasteiger partial charge is 0.223 e. The molecular weight excluding hydrogens is 276 g/mol. The monoisotopic (exact) mass is 312 g/mol. The van der Waals surface area contributed by atoms with Gasteiger partial charge < -0.3 is 16.4 Å². The lowest BCUT2D eigenvalue weighted by atomic mass is 9.75. The molecule has 0 bridgehead atoms. The molecule has 0 spiro atoms. The van der Waals surface area contributed by atoms with E-state index in [-0.39, 0.29) is 17.2 Å². The molecule has 2 unspecified atom stereocenters. The van der Waals surface area contributed by atoms with E-state index in [1.807, 2.05) is 0 Å². The molecule has 0 aliphatic rings. The fourth-order valence-corrected chi connectivity index (χ4v) is 2.30. The standard InChI is InChI=1S/C17H36N4O/c1-7-13(3)14(12-17(4,5)8-2)15(22)20-10-9-11-21-16(18)19-6/h13-14H,7-12H2,1-6H3,(H,20,22)(H3,18,19,21). The Morgan fingerprint density at radius 2 is 1.82 bits per heavy atom. The van der Waals surface area contributed by atoms with E-state index in [1.54, 1.807) is 7.05 Å². The highest BCUT2D eigenvalue weighted by Gasteiger charge is 2.30. The Labute approximate surface area is 136 Å². The third kappa shape index (κ3) is 8.25. The molecule has 0 aromatic carbocycles. The van der Waals surface area contributed by atoms with Gasteiger partial charge in [0.25, 0.3) is 0 Å². The third-order valence-corrected chi connectivity index (χ3v) is 4.60. The second kappa shape index (κ2) is 10.5. The molecule has 5 heteroatoms. The van der Waals surface area contributed by atoms with Crippen molar-refractivity contribution < 1.29 is 4.79 Å². The number of carbonyl (C=O) groups excluding carboxylic acids is 1. The highest BCUT2D eigenvalue weighted by atomic mass is 16.1. The minimum Gasteiger partial charge on any atom is -0.370 e. The molecule has 0 radical (unpaired) electrons. The SMILES string of the molecule is CCC(C)C(CC(C)(C)CC)C(=O)NCCCNC(N)=NC. The average molecular weight is 313 g/mol. The van der Waals surface area contributed by atoms with Gasteiger partial charge in [-0.15, -0.1) is 0 Å². The molecule has 0 aromatic heterocycles. The minimum absolute atomic E-state index is 0.0928. The van der Waals surface area contributed by atoms with Crippen LogP contribution in [0.5, 0.6) is 0 Å². The first-order valence-corrected chi connectivity index (χ1v) is 8.51. The van der Waals surface area contributed by atoms with Gasteiger partial charge in [0.15, 0.2) is 5.96 Å². The fourth-order valence-electron chi connectivity index (χ4n) is 2.30. The van der Waals surface area contributed by atoms with Gasteiger partial charge in [0.1, 0.15) is 0 Å². The normalized spacial score (nSPS) is 15.3. The summed E-state index contributed by atoms with van der Waals surface area (Å²) >= 11 is 0. The van der Waals surface area contributed by atoms with Gasteiger partial charge in [0, 0.05) is 26.1 Å². The van der Waals surface area contributed by atoms with Gasteiger partial charge >= 0.3 is 0 Å². The molecule has 0 rings (SSSR count). The van der Waals surface area contributed by atoms with Crippen LogP contribution in [-0.4, -0.2) is 32.0 Å². The molecule has 22 heavy (non-hydrogen) atoms. The maximum Gasteiger partial charge on any atom is 0.223 e. The van der Waals surface area contributed by atoms with Crippen LogP contribution in [0.15, 0.2) is 4.99 Å². The molecule has 1 amide bonds. The van der Waals surface area contributed by atoms with Crippen LogP contribution in [0.3, 0.4) is 0 Å². The Kier molecular flexibility index (Phi) is 9.86. The lowest BCUT2D eigenvalue weighted by Crippen LogP contribution is -2.39. The number of nitrogens with two attached hydrogens (primary N) is 1. The summed E-state index contributed by atoms with van der Waals surface area (Å²) in [5, 5.41) is 6.07. The number of guanidine groups is 1. The number of hydrogen-bond acceptors (Lipinski definition) is 2. The van der Waals surface area contributed by atoms with Crippen LogP contribution in [0, 0.1) is 17.3 Å². The molecular formula is C17H36N4O. The van der Waals surface area contributed by atoms with Crippen molar-refractivity contribution in [3.8, 4) is 0 Å². The van der Waals surface area contributed by atoms with Crippen LogP contribution >= 0.6 is 0 Å². The highest BCUT2D eigenvalue weighted by molar-refractivity contribution is 5.79. The number of nitrogens with zero attached hydrogens (tertiary/aromatic N) is 1. The van der Waals surface area contributed by atoms with Gasteiger partial charge in [-0.3, -0.25) is 9.79 Å². The first kappa shape index (κ1) is 20.7. The van der Waals surface area contributed by atoms with E-state index >= 15 is 0 Å². The van der Waals surface area contributed by atoms with E-state index in [0.29, 0.717) is 18.4 Å². The average Bonchev–Trinajstić information content (AvgIpc) is 2.50. The third-order valence-electron chi connectivity index (χ3n) is 4.60. The maximum absolute atomic E-state index is 12.5. The molecule has 4 N–H and O–H groups in total. The number of amides is 1. The fraction of sp³-hybridized carbons (Fsp3) is 0.882. The second-order valence-corrected chi connectivity index (χ2v) is 6.89. The van der Waals surface area contributed by atoms with Crippen LogP contribution < -0.4 is 16.4 Å². The van der Waals surface area contributed by atoms with Crippen LogP contribution in [-0.2, 0) is 4.79 Å². The summed E-state index contributed by atoms with van der Waals surface area (Å²) in [5.74, 6) is 1.13. The zero-order chi connectivity index (χ0) is 17.2. The van der Waals surface area contributed by atoms with Gasteiger partial charge in [0.2, 0.25) is 5.91 Å². The first-order chi connectivity index (χ1) is 10.3. The van der Waals surface area contributed by atoms with Crippen molar-refractivity contribution in [3.05, 3.63) is 0 Å². The van der Waals surface area contributed by atoms with Crippen molar-refractivity contribution in [1.29, 1.82) is 0 Å². The molecule has 130 valence electrons. The van der Waals surface area contributed by atoms with Gasteiger partial charge in [0.05, 0.1) is 0 Å². The summed E-state index contributed by atoms with van der Waals surface area (Å²) in [4.78, 5) is 16.3. The number of carbonyl (C=O) groups is 1. The van der Waals surface area contributed by atoms with Crippen molar-refractivity contribution >= 4 is 11.9 Å². The van der Waals surface area contributed by atoms with Crippen molar-refractivity contribution in [1.82, 2.24) is 10.6 Å². The quantitative estimate of drug-likeness (QED) is 0.329. The van der Waals surface area contributed by atoms with E-state index < -0.39 is 0 Å². The maximum atomic E-state index is 12.5. The Morgan fingerprint density at radius 3 is 2.32 bits per heavy atom. The van der Waals surface area contributed by atoms with Gasteiger partial charge in [-0.25, -0.2) is 0 Å². The summed E-state index contributed by atoms with van der Waals surface area (Å²) < 4.78 is 0. The summed E-state index contributed by atoms with van der Waals surface area (Å²) in [6, 6.07) is 0. The predicted octanol–water partition coefficient (Wildman–Crippen LogP) is 2.52. The van der Waals surface area contributed by atoms with E-state index in [0.717, 1.165) is 32.2 Å². The summed E-state index contributed by atoms with van der Waals surface area (Å²) in [6.07, 6.45) is 3.90. The van der Waals surface area contributed by atoms with Crippen molar-refractivity contribution in [2.45, 2.75) is 60.3 Å². The summed E-state index contributed by atoms with van der Waals surface area (Å²) in [7, 11) is 1.65. The lowest BCUT2D eigenvalue weighted by molar-refractivity contribution is -0.127. The van der Waals surface area contributed by atoms with E-state index in [2.05, 4.69) is 50.2 Å². The second-order valence-electron chi connectivity index (χ2n) is 6.89. The molecule has 0 heterocycles. The Morgan fingerprint density at radius 1 is 1.23 bits per heavy atom. The minimum atomic E-state index is 0.0928. The first-order valence-electron chi connectivity index (χ1n) is 8.51.